The average Bonchev–Trinajstić information content (AvgIpc) is 2.49. The van der Waals surface area contributed by atoms with E-state index in [1.54, 1.807) is 11.3 Å². The van der Waals surface area contributed by atoms with Crippen LogP contribution in [0.4, 0.5) is 0 Å². The minimum absolute atomic E-state index is 1.08. The van der Waals surface area contributed by atoms with Crippen molar-refractivity contribution in [3.8, 4) is 0 Å². The molecule has 0 aliphatic rings. The number of hydrogen-bond acceptors (Lipinski definition) is 4. The van der Waals surface area contributed by atoms with Crippen molar-refractivity contribution in [1.82, 2.24) is 4.98 Å². The normalized spacial score (nSPS) is 11.8. The number of rotatable bonds is 0. The Morgan fingerprint density at radius 2 is 2.08 bits per heavy atom. The van der Waals surface area contributed by atoms with E-state index in [2.05, 4.69) is 11.1 Å². The average molecular weight is 214 g/mol. The predicted molar refractivity (Wildman–Crippen MR) is 54.5 cm³/mol. The van der Waals surface area contributed by atoms with Gasteiger partial charge in [-0.05, 0) is 18.4 Å². The second-order valence-electron chi connectivity index (χ2n) is 2.22. The van der Waals surface area contributed by atoms with Crippen molar-refractivity contribution in [2.45, 2.75) is 0 Å². The van der Waals surface area contributed by atoms with Crippen LogP contribution in [0.25, 0.3) is 10.2 Å². The molecule has 0 saturated heterocycles. The molecule has 0 aliphatic heterocycles. The first-order valence-corrected chi connectivity index (χ1v) is 5.85. The molecule has 0 N–H and O–H groups in total. The first kappa shape index (κ1) is 10.3. The number of nitrogens with zero attached hydrogens (tertiary/aromatic N) is 1. The lowest BCUT2D eigenvalue weighted by molar-refractivity contribution is 0.543. The van der Waals surface area contributed by atoms with Crippen molar-refractivity contribution in [1.29, 1.82) is 0 Å². The van der Waals surface area contributed by atoms with Crippen LogP contribution in [0.3, 0.4) is 0 Å². The van der Waals surface area contributed by atoms with Crippen molar-refractivity contribution in [3.63, 3.8) is 0 Å². The van der Waals surface area contributed by atoms with E-state index in [0.717, 1.165) is 11.8 Å². The van der Waals surface area contributed by atoms with Crippen LogP contribution < -0.4 is 0 Å². The summed E-state index contributed by atoms with van der Waals surface area (Å²) in [5.41, 5.74) is 2.97. The highest BCUT2D eigenvalue weighted by molar-refractivity contribution is 7.78. The Labute approximate surface area is 82.7 Å². The molecule has 0 amide bonds. The minimum Gasteiger partial charge on any atom is -0.773 e. The number of aromatic nitrogens is 1. The van der Waals surface area contributed by atoms with E-state index in [9.17, 15) is 0 Å². The van der Waals surface area contributed by atoms with E-state index < -0.39 is 11.1 Å². The number of fused-ring (bicyclic) bond motifs is 1. The fourth-order valence-electron chi connectivity index (χ4n) is 0.803. The first-order valence-electron chi connectivity index (χ1n) is 3.49. The van der Waals surface area contributed by atoms with Crippen LogP contribution in [0.15, 0.2) is 29.8 Å². The third-order valence-electron chi connectivity index (χ3n) is 1.24. The third-order valence-corrected chi connectivity index (χ3v) is 2.05. The van der Waals surface area contributed by atoms with Gasteiger partial charge in [-0.25, -0.2) is 4.98 Å². The molecule has 0 bridgehead atoms. The summed E-state index contributed by atoms with van der Waals surface area (Å²) < 4.78 is 19.3. The Morgan fingerprint density at radius 3 is 2.69 bits per heavy atom. The van der Waals surface area contributed by atoms with E-state index in [4.69, 9.17) is 8.76 Å². The maximum Gasteiger partial charge on any atom is 0.0812 e. The molecule has 0 spiro atoms. The van der Waals surface area contributed by atoms with Crippen LogP contribution in [0.5, 0.6) is 0 Å². The van der Waals surface area contributed by atoms with Crippen molar-refractivity contribution >= 4 is 32.6 Å². The maximum atomic E-state index is 9.00. The third kappa shape index (κ3) is 3.63. The van der Waals surface area contributed by atoms with Gasteiger partial charge in [-0.2, -0.15) is 0 Å². The van der Waals surface area contributed by atoms with Crippen molar-refractivity contribution in [2.75, 3.05) is 6.26 Å². The monoisotopic (exact) mass is 214 g/mol. The lowest BCUT2D eigenvalue weighted by Gasteiger charge is -1.85. The molecule has 70 valence electrons. The molecule has 0 radical (unpaired) electrons. The molecule has 1 aromatic carbocycles. The summed E-state index contributed by atoms with van der Waals surface area (Å²) >= 11 is -0.185. The molecule has 1 heterocycles. The van der Waals surface area contributed by atoms with Crippen molar-refractivity contribution < 1.29 is 8.76 Å². The number of thiazole rings is 1. The molecule has 0 saturated carbocycles. The summed E-state index contributed by atoms with van der Waals surface area (Å²) in [5, 5.41) is 0. The summed E-state index contributed by atoms with van der Waals surface area (Å²) in [6.07, 6.45) is 1.08. The van der Waals surface area contributed by atoms with Crippen LogP contribution in [-0.2, 0) is 11.1 Å². The zero-order valence-electron chi connectivity index (χ0n) is 6.97. The zero-order valence-corrected chi connectivity index (χ0v) is 8.60. The Balaban J connectivity index is 0.000000184. The highest BCUT2D eigenvalue weighted by Crippen LogP contribution is 2.15. The van der Waals surface area contributed by atoms with E-state index in [-0.39, 0.29) is 0 Å². The largest absolute Gasteiger partial charge is 0.773 e. The highest BCUT2D eigenvalue weighted by atomic mass is 32.2. The molecule has 2 aromatic rings. The van der Waals surface area contributed by atoms with Gasteiger partial charge < -0.3 is 4.55 Å². The summed E-state index contributed by atoms with van der Waals surface area (Å²) in [5.74, 6) is 0. The second kappa shape index (κ2) is 5.06. The molecule has 3 nitrogen and oxygen atoms in total. The molecule has 1 atom stereocenters. The van der Waals surface area contributed by atoms with Crippen LogP contribution in [0.1, 0.15) is 0 Å². The van der Waals surface area contributed by atoms with Gasteiger partial charge >= 0.3 is 0 Å². The van der Waals surface area contributed by atoms with Gasteiger partial charge in [0.05, 0.1) is 15.7 Å². The molecule has 0 fully saturated rings. The topological polar surface area (TPSA) is 53.0 Å². The first-order chi connectivity index (χ1) is 6.20. The van der Waals surface area contributed by atoms with Gasteiger partial charge in [0.15, 0.2) is 0 Å². The molecule has 13 heavy (non-hydrogen) atoms. The lowest BCUT2D eigenvalue weighted by atomic mass is 10.3. The van der Waals surface area contributed by atoms with Crippen molar-refractivity contribution in [2.24, 2.45) is 0 Å². The molecule has 2 rings (SSSR count). The molecule has 1 unspecified atom stereocenters. The zero-order chi connectivity index (χ0) is 9.68. The van der Waals surface area contributed by atoms with E-state index in [1.807, 2.05) is 23.7 Å². The number of hydrogen-bond donors (Lipinski definition) is 0. The molecular weight excluding hydrogens is 206 g/mol. The van der Waals surface area contributed by atoms with Gasteiger partial charge in [0, 0.05) is 0 Å². The Hall–Kier alpha value is -0.780. The Morgan fingerprint density at radius 1 is 1.46 bits per heavy atom. The summed E-state index contributed by atoms with van der Waals surface area (Å²) in [6.45, 7) is 0. The fourth-order valence-corrected chi connectivity index (χ4v) is 1.48. The standard InChI is InChI=1S/C7H5NS.CH4O2S/c1-2-4-7-6(3-1)8-5-9-7;1-4(2)3/h1-5H;1H3,(H,2,3)/p-1. The molecule has 5 heteroatoms. The molecular formula is C8H8NO2S2-. The Bertz CT molecular complexity index is 365. The smallest absolute Gasteiger partial charge is 0.0812 e. The predicted octanol–water partition coefficient (Wildman–Crippen LogP) is 1.79. The molecule has 1 aromatic heterocycles. The fraction of sp³-hybridized carbons (Fsp3) is 0.125. The van der Waals surface area contributed by atoms with Crippen molar-refractivity contribution in [3.05, 3.63) is 29.8 Å². The van der Waals surface area contributed by atoms with Crippen LogP contribution in [0, 0.1) is 0 Å². The summed E-state index contributed by atoms with van der Waals surface area (Å²) in [6, 6.07) is 8.13. The van der Waals surface area contributed by atoms with E-state index >= 15 is 0 Å². The lowest BCUT2D eigenvalue weighted by Crippen LogP contribution is -1.73. The minimum atomic E-state index is -1.86. The second-order valence-corrected chi connectivity index (χ2v) is 3.91. The van der Waals surface area contributed by atoms with Gasteiger partial charge in [0.1, 0.15) is 0 Å². The summed E-state index contributed by atoms with van der Waals surface area (Å²) in [7, 11) is 0. The van der Waals surface area contributed by atoms with E-state index in [1.165, 1.54) is 4.70 Å². The summed E-state index contributed by atoms with van der Waals surface area (Å²) in [4.78, 5) is 4.14. The van der Waals surface area contributed by atoms with Crippen LogP contribution in [0.2, 0.25) is 0 Å². The van der Waals surface area contributed by atoms with Crippen LogP contribution >= 0.6 is 11.3 Å². The van der Waals surface area contributed by atoms with Gasteiger partial charge in [-0.1, -0.05) is 23.2 Å². The number of para-hydroxylation sites is 1. The highest BCUT2D eigenvalue weighted by Gasteiger charge is 1.89. The van der Waals surface area contributed by atoms with Crippen LogP contribution in [-0.4, -0.2) is 20.0 Å². The SMILES string of the molecule is CS(=O)[O-].c1ccc2scnc2c1. The maximum absolute atomic E-state index is 9.00. The van der Waals surface area contributed by atoms with Gasteiger partial charge in [-0.3, -0.25) is 4.21 Å². The van der Waals surface area contributed by atoms with Gasteiger partial charge in [0.25, 0.3) is 0 Å². The molecule has 0 aliphatic carbocycles. The number of benzene rings is 1. The Kier molecular flexibility index (Phi) is 4.01. The van der Waals surface area contributed by atoms with E-state index in [0.29, 0.717) is 0 Å². The quantitative estimate of drug-likeness (QED) is 0.628. The van der Waals surface area contributed by atoms with Gasteiger partial charge in [0.2, 0.25) is 0 Å². The van der Waals surface area contributed by atoms with Gasteiger partial charge in [-0.15, -0.1) is 11.3 Å².